The van der Waals surface area contributed by atoms with E-state index in [9.17, 15) is 4.79 Å². The Morgan fingerprint density at radius 1 is 1.09 bits per heavy atom. The van der Waals surface area contributed by atoms with Gasteiger partial charge in [-0.25, -0.2) is 0 Å². The Balaban J connectivity index is 1.64. The maximum absolute atomic E-state index is 11.9. The van der Waals surface area contributed by atoms with Gasteiger partial charge in [0.2, 0.25) is 5.91 Å². The SMILES string of the molecule is Cc1cc(Br)ccc1Nc1ccc(NC(=O)C2CCC2)cc1. The number of aryl methyl sites for hydroxylation is 1. The van der Waals surface area contributed by atoms with Gasteiger partial charge >= 0.3 is 0 Å². The van der Waals surface area contributed by atoms with Crippen LogP contribution in [0.15, 0.2) is 46.9 Å². The van der Waals surface area contributed by atoms with Gasteiger partial charge in [0.05, 0.1) is 0 Å². The van der Waals surface area contributed by atoms with Crippen molar-refractivity contribution in [3.63, 3.8) is 0 Å². The van der Waals surface area contributed by atoms with Crippen molar-refractivity contribution in [3.8, 4) is 0 Å². The largest absolute Gasteiger partial charge is 0.355 e. The minimum atomic E-state index is 0.149. The lowest BCUT2D eigenvalue weighted by Gasteiger charge is -2.24. The lowest BCUT2D eigenvalue weighted by molar-refractivity contribution is -0.122. The average Bonchev–Trinajstić information content (AvgIpc) is 2.42. The molecule has 1 fully saturated rings. The van der Waals surface area contributed by atoms with E-state index in [1.165, 1.54) is 12.0 Å². The van der Waals surface area contributed by atoms with Gasteiger partial charge in [0, 0.05) is 27.5 Å². The van der Waals surface area contributed by atoms with Crippen LogP contribution in [0.25, 0.3) is 0 Å². The van der Waals surface area contributed by atoms with Crippen molar-refractivity contribution in [2.45, 2.75) is 26.2 Å². The second-order valence-electron chi connectivity index (χ2n) is 5.78. The van der Waals surface area contributed by atoms with E-state index in [1.54, 1.807) is 0 Å². The van der Waals surface area contributed by atoms with Crippen LogP contribution < -0.4 is 10.6 Å². The van der Waals surface area contributed by atoms with Crippen LogP contribution >= 0.6 is 15.9 Å². The molecule has 0 saturated heterocycles. The third-order valence-electron chi connectivity index (χ3n) is 4.10. The molecule has 0 aromatic heterocycles. The Labute approximate surface area is 139 Å². The van der Waals surface area contributed by atoms with Crippen LogP contribution in [0.1, 0.15) is 24.8 Å². The van der Waals surface area contributed by atoms with Crippen molar-refractivity contribution in [2.75, 3.05) is 10.6 Å². The van der Waals surface area contributed by atoms with Gasteiger partial charge in [-0.15, -0.1) is 0 Å². The first-order valence-electron chi connectivity index (χ1n) is 7.56. The Hall–Kier alpha value is -1.81. The average molecular weight is 359 g/mol. The summed E-state index contributed by atoms with van der Waals surface area (Å²) in [5, 5.41) is 6.37. The molecule has 2 aromatic carbocycles. The molecule has 4 heteroatoms. The summed E-state index contributed by atoms with van der Waals surface area (Å²) >= 11 is 3.47. The monoisotopic (exact) mass is 358 g/mol. The Bertz CT molecular complexity index is 678. The van der Waals surface area contributed by atoms with E-state index in [0.717, 1.165) is 34.4 Å². The van der Waals surface area contributed by atoms with E-state index >= 15 is 0 Å². The van der Waals surface area contributed by atoms with Gasteiger partial charge < -0.3 is 10.6 Å². The van der Waals surface area contributed by atoms with Crippen LogP contribution in [-0.2, 0) is 4.79 Å². The number of carbonyl (C=O) groups excluding carboxylic acids is 1. The van der Waals surface area contributed by atoms with E-state index in [0.29, 0.717) is 0 Å². The number of rotatable bonds is 4. The summed E-state index contributed by atoms with van der Waals surface area (Å²) in [5.41, 5.74) is 4.12. The molecular weight excluding hydrogens is 340 g/mol. The summed E-state index contributed by atoms with van der Waals surface area (Å²) in [7, 11) is 0. The first kappa shape index (κ1) is 15.1. The smallest absolute Gasteiger partial charge is 0.227 e. The molecule has 0 bridgehead atoms. The summed E-state index contributed by atoms with van der Waals surface area (Å²) < 4.78 is 1.07. The van der Waals surface area contributed by atoms with E-state index in [1.807, 2.05) is 36.4 Å². The standard InChI is InChI=1S/C18H19BrN2O/c1-12-11-14(19)5-10-17(12)20-15-6-8-16(9-7-15)21-18(22)13-3-2-4-13/h5-11,13,20H,2-4H2,1H3,(H,21,22). The second kappa shape index (κ2) is 6.53. The molecule has 2 N–H and O–H groups in total. The summed E-state index contributed by atoms with van der Waals surface area (Å²) in [6.45, 7) is 2.07. The van der Waals surface area contributed by atoms with Gasteiger partial charge in [-0.3, -0.25) is 4.79 Å². The highest BCUT2D eigenvalue weighted by atomic mass is 79.9. The molecule has 0 aliphatic heterocycles. The molecule has 1 aliphatic carbocycles. The van der Waals surface area contributed by atoms with Crippen molar-refractivity contribution in [1.29, 1.82) is 0 Å². The van der Waals surface area contributed by atoms with Gasteiger partial charge in [-0.05, 0) is 67.8 Å². The lowest BCUT2D eigenvalue weighted by Crippen LogP contribution is -2.27. The highest BCUT2D eigenvalue weighted by Crippen LogP contribution is 2.28. The predicted molar refractivity (Wildman–Crippen MR) is 94.6 cm³/mol. The fourth-order valence-corrected chi connectivity index (χ4v) is 2.95. The normalized spacial score (nSPS) is 14.3. The zero-order valence-corrected chi connectivity index (χ0v) is 14.1. The fourth-order valence-electron chi connectivity index (χ4n) is 2.47. The number of hydrogen-bond donors (Lipinski definition) is 2. The first-order chi connectivity index (χ1) is 10.6. The van der Waals surface area contributed by atoms with E-state index in [4.69, 9.17) is 0 Å². The molecule has 2 aromatic rings. The van der Waals surface area contributed by atoms with Crippen molar-refractivity contribution >= 4 is 38.9 Å². The number of amides is 1. The van der Waals surface area contributed by atoms with Gasteiger partial charge in [0.1, 0.15) is 0 Å². The summed E-state index contributed by atoms with van der Waals surface area (Å²) in [5.74, 6) is 0.360. The number of halogens is 1. The molecule has 22 heavy (non-hydrogen) atoms. The van der Waals surface area contributed by atoms with Crippen LogP contribution in [0.2, 0.25) is 0 Å². The van der Waals surface area contributed by atoms with E-state index < -0.39 is 0 Å². The van der Waals surface area contributed by atoms with Gasteiger partial charge in [-0.1, -0.05) is 22.4 Å². The maximum Gasteiger partial charge on any atom is 0.227 e. The molecule has 0 spiro atoms. The third kappa shape index (κ3) is 3.50. The van der Waals surface area contributed by atoms with Gasteiger partial charge in [0.15, 0.2) is 0 Å². The van der Waals surface area contributed by atoms with Gasteiger partial charge in [-0.2, -0.15) is 0 Å². The fraction of sp³-hybridized carbons (Fsp3) is 0.278. The minimum Gasteiger partial charge on any atom is -0.355 e. The molecule has 1 amide bonds. The van der Waals surface area contributed by atoms with Crippen LogP contribution in [0.3, 0.4) is 0 Å². The van der Waals surface area contributed by atoms with Crippen molar-refractivity contribution < 1.29 is 4.79 Å². The Morgan fingerprint density at radius 3 is 2.36 bits per heavy atom. The topological polar surface area (TPSA) is 41.1 Å². The molecule has 1 saturated carbocycles. The molecular formula is C18H19BrN2O. The number of hydrogen-bond acceptors (Lipinski definition) is 2. The molecule has 1 aliphatic rings. The molecule has 0 unspecified atom stereocenters. The number of anilines is 3. The molecule has 114 valence electrons. The zero-order valence-electron chi connectivity index (χ0n) is 12.5. The summed E-state index contributed by atoms with van der Waals surface area (Å²) in [6, 6.07) is 14.0. The lowest BCUT2D eigenvalue weighted by atomic mass is 9.85. The number of nitrogens with one attached hydrogen (secondary N) is 2. The van der Waals surface area contributed by atoms with Gasteiger partial charge in [0.25, 0.3) is 0 Å². The van der Waals surface area contributed by atoms with Crippen LogP contribution in [0.5, 0.6) is 0 Å². The van der Waals surface area contributed by atoms with E-state index in [2.05, 4.69) is 39.6 Å². The summed E-state index contributed by atoms with van der Waals surface area (Å²) in [6.07, 6.45) is 3.22. The van der Waals surface area contributed by atoms with Crippen LogP contribution in [-0.4, -0.2) is 5.91 Å². The zero-order chi connectivity index (χ0) is 15.5. The van der Waals surface area contributed by atoms with E-state index in [-0.39, 0.29) is 11.8 Å². The maximum atomic E-state index is 11.9. The summed E-state index contributed by atoms with van der Waals surface area (Å²) in [4.78, 5) is 11.9. The molecule has 3 rings (SSSR count). The molecule has 0 heterocycles. The Kier molecular flexibility index (Phi) is 4.48. The third-order valence-corrected chi connectivity index (χ3v) is 4.59. The minimum absolute atomic E-state index is 0.149. The van der Waals surface area contributed by atoms with Crippen molar-refractivity contribution in [1.82, 2.24) is 0 Å². The second-order valence-corrected chi connectivity index (χ2v) is 6.69. The molecule has 0 atom stereocenters. The van der Waals surface area contributed by atoms with Crippen molar-refractivity contribution in [2.24, 2.45) is 5.92 Å². The number of carbonyl (C=O) groups is 1. The Morgan fingerprint density at radius 2 is 1.77 bits per heavy atom. The predicted octanol–water partition coefficient (Wildman–Crippen LogP) is 5.24. The van der Waals surface area contributed by atoms with Crippen LogP contribution in [0.4, 0.5) is 17.1 Å². The van der Waals surface area contributed by atoms with Crippen LogP contribution in [0, 0.1) is 12.8 Å². The molecule has 0 radical (unpaired) electrons. The number of benzene rings is 2. The van der Waals surface area contributed by atoms with Crippen molar-refractivity contribution in [3.05, 3.63) is 52.5 Å². The quantitative estimate of drug-likeness (QED) is 0.784. The molecule has 3 nitrogen and oxygen atoms in total. The first-order valence-corrected chi connectivity index (χ1v) is 8.35. The highest BCUT2D eigenvalue weighted by molar-refractivity contribution is 9.10. The highest BCUT2D eigenvalue weighted by Gasteiger charge is 2.24.